The Morgan fingerprint density at radius 2 is 1.65 bits per heavy atom. The number of carbonyl (C=O) groups excluding carboxylic acids is 2. The lowest BCUT2D eigenvalue weighted by Gasteiger charge is -2.22. The molecule has 0 atom stereocenters. The standard InChI is InChI=1S/C26H25N5O2S/c32-24(28-17-21-10-7-14-27-16-21)13-15-31(18-20-8-3-1-4-9-20)25(33)23-19-34-26(30-23)29-22-11-5-2-6-12-22/h1-12,14,16,19H,13,15,17-18H2,(H,28,32)(H,29,30). The predicted octanol–water partition coefficient (Wildman–Crippen LogP) is 4.63. The lowest BCUT2D eigenvalue weighted by atomic mass is 10.2. The smallest absolute Gasteiger partial charge is 0.273 e. The van der Waals surface area contributed by atoms with Gasteiger partial charge in [-0.25, -0.2) is 4.98 Å². The van der Waals surface area contributed by atoms with Gasteiger partial charge in [-0.3, -0.25) is 14.6 Å². The van der Waals surface area contributed by atoms with Gasteiger partial charge in [0.05, 0.1) is 0 Å². The number of amides is 2. The molecule has 2 heterocycles. The molecule has 2 aromatic carbocycles. The summed E-state index contributed by atoms with van der Waals surface area (Å²) in [6.45, 7) is 1.08. The van der Waals surface area contributed by atoms with E-state index in [-0.39, 0.29) is 24.8 Å². The van der Waals surface area contributed by atoms with Crippen molar-refractivity contribution in [3.05, 3.63) is 107 Å². The van der Waals surface area contributed by atoms with E-state index in [0.29, 0.717) is 23.9 Å². The quantitative estimate of drug-likeness (QED) is 0.352. The van der Waals surface area contributed by atoms with Gasteiger partial charge >= 0.3 is 0 Å². The average Bonchev–Trinajstić information content (AvgIpc) is 3.35. The maximum Gasteiger partial charge on any atom is 0.273 e. The first kappa shape index (κ1) is 23.1. The normalized spacial score (nSPS) is 10.5. The van der Waals surface area contributed by atoms with E-state index in [2.05, 4.69) is 20.6 Å². The third-order valence-corrected chi connectivity index (χ3v) is 5.83. The van der Waals surface area contributed by atoms with Crippen molar-refractivity contribution in [2.75, 3.05) is 11.9 Å². The first-order valence-corrected chi connectivity index (χ1v) is 11.8. The Morgan fingerprint density at radius 3 is 2.38 bits per heavy atom. The summed E-state index contributed by atoms with van der Waals surface area (Å²) in [6, 6.07) is 23.2. The van der Waals surface area contributed by atoms with Gasteiger partial charge in [0.1, 0.15) is 5.69 Å². The van der Waals surface area contributed by atoms with Gasteiger partial charge in [-0.1, -0.05) is 54.6 Å². The van der Waals surface area contributed by atoms with Crippen LogP contribution in [0.25, 0.3) is 0 Å². The molecular weight excluding hydrogens is 446 g/mol. The van der Waals surface area contributed by atoms with Gasteiger partial charge < -0.3 is 15.5 Å². The number of nitrogens with zero attached hydrogens (tertiary/aromatic N) is 3. The SMILES string of the molecule is O=C(CCN(Cc1ccccc1)C(=O)c1csc(Nc2ccccc2)n1)NCc1cccnc1. The van der Waals surface area contributed by atoms with Crippen LogP contribution in [-0.4, -0.2) is 33.2 Å². The van der Waals surface area contributed by atoms with Crippen molar-refractivity contribution >= 4 is 34.0 Å². The lowest BCUT2D eigenvalue weighted by Crippen LogP contribution is -2.35. The highest BCUT2D eigenvalue weighted by Crippen LogP contribution is 2.22. The molecule has 34 heavy (non-hydrogen) atoms. The summed E-state index contributed by atoms with van der Waals surface area (Å²) in [4.78, 5) is 36.0. The van der Waals surface area contributed by atoms with Crippen LogP contribution in [0.3, 0.4) is 0 Å². The molecular formula is C26H25N5O2S. The number of carbonyl (C=O) groups is 2. The maximum absolute atomic E-state index is 13.3. The monoisotopic (exact) mass is 471 g/mol. The summed E-state index contributed by atoms with van der Waals surface area (Å²) in [7, 11) is 0. The van der Waals surface area contributed by atoms with Gasteiger partial charge in [0, 0.05) is 49.5 Å². The Kier molecular flexibility index (Phi) is 7.97. The number of hydrogen-bond donors (Lipinski definition) is 2. The van der Waals surface area contributed by atoms with Crippen LogP contribution in [0.15, 0.2) is 90.6 Å². The van der Waals surface area contributed by atoms with Gasteiger partial charge in [-0.05, 0) is 29.3 Å². The van der Waals surface area contributed by atoms with E-state index in [9.17, 15) is 9.59 Å². The van der Waals surface area contributed by atoms with Crippen molar-refractivity contribution in [2.24, 2.45) is 0 Å². The molecule has 0 saturated carbocycles. The molecule has 8 heteroatoms. The van der Waals surface area contributed by atoms with Gasteiger partial charge in [-0.2, -0.15) is 0 Å². The third kappa shape index (κ3) is 6.73. The van der Waals surface area contributed by atoms with Crippen LogP contribution >= 0.6 is 11.3 Å². The molecule has 2 N–H and O–H groups in total. The van der Waals surface area contributed by atoms with Crippen molar-refractivity contribution in [3.63, 3.8) is 0 Å². The summed E-state index contributed by atoms with van der Waals surface area (Å²) < 4.78 is 0. The second-order valence-electron chi connectivity index (χ2n) is 7.63. The summed E-state index contributed by atoms with van der Waals surface area (Å²) in [6.07, 6.45) is 3.60. The Hall–Kier alpha value is -4.04. The summed E-state index contributed by atoms with van der Waals surface area (Å²) in [5, 5.41) is 8.49. The van der Waals surface area contributed by atoms with Crippen LogP contribution in [0.4, 0.5) is 10.8 Å². The Balaban J connectivity index is 1.40. The highest BCUT2D eigenvalue weighted by molar-refractivity contribution is 7.14. The minimum atomic E-state index is -0.207. The molecule has 0 fully saturated rings. The molecule has 0 aliphatic heterocycles. The maximum atomic E-state index is 13.3. The minimum Gasteiger partial charge on any atom is -0.352 e. The summed E-state index contributed by atoms with van der Waals surface area (Å²) >= 11 is 1.37. The minimum absolute atomic E-state index is 0.126. The van der Waals surface area contributed by atoms with Gasteiger partial charge in [-0.15, -0.1) is 11.3 Å². The zero-order valence-corrected chi connectivity index (χ0v) is 19.4. The van der Waals surface area contributed by atoms with E-state index in [1.54, 1.807) is 22.7 Å². The number of pyridine rings is 1. The molecule has 7 nitrogen and oxygen atoms in total. The van der Waals surface area contributed by atoms with Crippen LogP contribution in [-0.2, 0) is 17.9 Å². The van der Waals surface area contributed by atoms with E-state index in [1.165, 1.54) is 11.3 Å². The number of anilines is 2. The lowest BCUT2D eigenvalue weighted by molar-refractivity contribution is -0.121. The van der Waals surface area contributed by atoms with Crippen molar-refractivity contribution in [1.82, 2.24) is 20.2 Å². The molecule has 0 aliphatic rings. The van der Waals surface area contributed by atoms with E-state index in [0.717, 1.165) is 16.8 Å². The zero-order chi connectivity index (χ0) is 23.6. The van der Waals surface area contributed by atoms with E-state index < -0.39 is 0 Å². The topological polar surface area (TPSA) is 87.2 Å². The van der Waals surface area contributed by atoms with Crippen LogP contribution < -0.4 is 10.6 Å². The highest BCUT2D eigenvalue weighted by Gasteiger charge is 2.20. The molecule has 0 spiro atoms. The van der Waals surface area contributed by atoms with Crippen LogP contribution in [0.1, 0.15) is 28.0 Å². The van der Waals surface area contributed by atoms with Crippen molar-refractivity contribution in [3.8, 4) is 0 Å². The van der Waals surface area contributed by atoms with Gasteiger partial charge in [0.25, 0.3) is 5.91 Å². The number of aromatic nitrogens is 2. The first-order valence-electron chi connectivity index (χ1n) is 10.9. The summed E-state index contributed by atoms with van der Waals surface area (Å²) in [5.41, 5.74) is 3.18. The molecule has 0 unspecified atom stereocenters. The Morgan fingerprint density at radius 1 is 0.912 bits per heavy atom. The first-order chi connectivity index (χ1) is 16.7. The van der Waals surface area contributed by atoms with Crippen molar-refractivity contribution < 1.29 is 9.59 Å². The van der Waals surface area contributed by atoms with Crippen molar-refractivity contribution in [1.29, 1.82) is 0 Å². The number of rotatable bonds is 10. The third-order valence-electron chi connectivity index (χ3n) is 5.07. The summed E-state index contributed by atoms with van der Waals surface area (Å²) in [5.74, 6) is -0.333. The molecule has 4 aromatic rings. The average molecular weight is 472 g/mol. The van der Waals surface area contributed by atoms with E-state index >= 15 is 0 Å². The van der Waals surface area contributed by atoms with Crippen LogP contribution in [0.5, 0.6) is 0 Å². The van der Waals surface area contributed by atoms with Crippen LogP contribution in [0.2, 0.25) is 0 Å². The fraction of sp³-hybridized carbons (Fsp3) is 0.154. The number of benzene rings is 2. The number of para-hydroxylation sites is 1. The molecule has 2 aromatic heterocycles. The Labute approximate surface area is 202 Å². The highest BCUT2D eigenvalue weighted by atomic mass is 32.1. The largest absolute Gasteiger partial charge is 0.352 e. The fourth-order valence-corrected chi connectivity index (χ4v) is 4.03. The fourth-order valence-electron chi connectivity index (χ4n) is 3.32. The molecule has 0 bridgehead atoms. The Bertz CT molecular complexity index is 1200. The molecule has 4 rings (SSSR count). The number of thiazole rings is 1. The zero-order valence-electron chi connectivity index (χ0n) is 18.6. The molecule has 0 aliphatic carbocycles. The molecule has 0 saturated heterocycles. The number of hydrogen-bond acceptors (Lipinski definition) is 6. The second kappa shape index (κ2) is 11.7. The molecule has 0 radical (unpaired) electrons. The number of nitrogens with one attached hydrogen (secondary N) is 2. The molecule has 2 amide bonds. The van der Waals surface area contributed by atoms with E-state index in [4.69, 9.17) is 0 Å². The van der Waals surface area contributed by atoms with Crippen molar-refractivity contribution in [2.45, 2.75) is 19.5 Å². The van der Waals surface area contributed by atoms with E-state index in [1.807, 2.05) is 72.8 Å². The second-order valence-corrected chi connectivity index (χ2v) is 8.49. The molecule has 172 valence electrons. The predicted molar refractivity (Wildman–Crippen MR) is 134 cm³/mol. The van der Waals surface area contributed by atoms with Gasteiger partial charge in [0.15, 0.2) is 5.13 Å². The van der Waals surface area contributed by atoms with Crippen LogP contribution in [0, 0.1) is 0 Å². The van der Waals surface area contributed by atoms with Gasteiger partial charge in [0.2, 0.25) is 5.91 Å².